The highest BCUT2D eigenvalue weighted by Crippen LogP contribution is 2.29. The van der Waals surface area contributed by atoms with Gasteiger partial charge in [-0.2, -0.15) is 24.5 Å². The van der Waals surface area contributed by atoms with Crippen LogP contribution in [0.3, 0.4) is 0 Å². The molecule has 0 bridgehead atoms. The van der Waals surface area contributed by atoms with E-state index in [0.29, 0.717) is 6.42 Å². The molecule has 0 aliphatic heterocycles. The molecule has 2 nitrogen and oxygen atoms in total. The highest BCUT2D eigenvalue weighted by Gasteiger charge is 2.27. The van der Waals surface area contributed by atoms with Crippen LogP contribution in [0.25, 0.3) is 0 Å². The third-order valence-corrected chi connectivity index (χ3v) is 3.93. The van der Waals surface area contributed by atoms with E-state index in [1.807, 2.05) is 10.8 Å². The predicted octanol–water partition coefficient (Wildman–Crippen LogP) is 3.74. The second-order valence-corrected chi connectivity index (χ2v) is 5.07. The number of hydrogen-bond acceptors (Lipinski definition) is 3. The van der Waals surface area contributed by atoms with E-state index in [2.05, 4.69) is 26.0 Å². The lowest BCUT2D eigenvalue weighted by molar-refractivity contribution is -0.174. The minimum atomic E-state index is -4.25. The van der Waals surface area contributed by atoms with Crippen molar-refractivity contribution in [3.05, 3.63) is 20.8 Å². The largest absolute Gasteiger partial charge is 0.411 e. The van der Waals surface area contributed by atoms with Crippen molar-refractivity contribution in [2.24, 2.45) is 0 Å². The smallest absolute Gasteiger partial charge is 0.372 e. The van der Waals surface area contributed by atoms with Crippen LogP contribution < -0.4 is 5.32 Å². The molecule has 1 aromatic heterocycles. The Morgan fingerprint density at radius 2 is 2.18 bits per heavy atom. The molecule has 1 heterocycles. The van der Waals surface area contributed by atoms with Crippen LogP contribution in [0.1, 0.15) is 18.0 Å². The van der Waals surface area contributed by atoms with E-state index in [9.17, 15) is 13.2 Å². The van der Waals surface area contributed by atoms with Crippen molar-refractivity contribution in [3.63, 3.8) is 0 Å². The topological polar surface area (TPSA) is 21.3 Å². The molecule has 7 heteroatoms. The molecule has 0 saturated heterocycles. The van der Waals surface area contributed by atoms with Crippen LogP contribution in [0, 0.1) is 0 Å². The minimum absolute atomic E-state index is 0.00357. The molecule has 0 spiro atoms. The molecule has 0 aliphatic rings. The van der Waals surface area contributed by atoms with Crippen LogP contribution in [-0.4, -0.2) is 26.4 Å². The van der Waals surface area contributed by atoms with E-state index in [0.717, 1.165) is 10.0 Å². The number of thiophene rings is 1. The standard InChI is InChI=1S/C10H13BrF3NOS/c1-15-9(7-4-17-5-8(7)11)2-3-16-6-10(12,13)14/h4-5,9,15H,2-3,6H2,1H3. The van der Waals surface area contributed by atoms with Gasteiger partial charge in [-0.15, -0.1) is 0 Å². The van der Waals surface area contributed by atoms with Crippen molar-refractivity contribution in [1.29, 1.82) is 0 Å². The Bertz CT molecular complexity index is 343. The van der Waals surface area contributed by atoms with Crippen LogP contribution in [-0.2, 0) is 4.74 Å². The molecule has 98 valence electrons. The lowest BCUT2D eigenvalue weighted by Gasteiger charge is -2.16. The third kappa shape index (κ3) is 5.37. The highest BCUT2D eigenvalue weighted by atomic mass is 79.9. The van der Waals surface area contributed by atoms with Gasteiger partial charge in [0, 0.05) is 22.5 Å². The summed E-state index contributed by atoms with van der Waals surface area (Å²) in [5, 5.41) is 6.97. The Morgan fingerprint density at radius 1 is 1.47 bits per heavy atom. The molecule has 0 aliphatic carbocycles. The summed E-state index contributed by atoms with van der Waals surface area (Å²) >= 11 is 4.94. The number of hydrogen-bond donors (Lipinski definition) is 1. The van der Waals surface area contributed by atoms with Gasteiger partial charge in [0.05, 0.1) is 0 Å². The van der Waals surface area contributed by atoms with Crippen molar-refractivity contribution >= 4 is 27.3 Å². The lowest BCUT2D eigenvalue weighted by atomic mass is 10.1. The Kier molecular flexibility index (Phi) is 5.91. The number of alkyl halides is 3. The average Bonchev–Trinajstić information content (AvgIpc) is 2.63. The monoisotopic (exact) mass is 331 g/mol. The quantitative estimate of drug-likeness (QED) is 0.802. The fourth-order valence-corrected chi connectivity index (χ4v) is 3.01. The summed E-state index contributed by atoms with van der Waals surface area (Å²) in [6.45, 7) is -1.11. The Morgan fingerprint density at radius 3 is 2.65 bits per heavy atom. The number of halogens is 4. The maximum absolute atomic E-state index is 11.9. The Hall–Kier alpha value is -0.110. The predicted molar refractivity (Wildman–Crippen MR) is 65.3 cm³/mol. The first kappa shape index (κ1) is 14.9. The van der Waals surface area contributed by atoms with E-state index in [4.69, 9.17) is 0 Å². The Labute approximate surface area is 110 Å². The van der Waals surface area contributed by atoms with Gasteiger partial charge in [0.25, 0.3) is 0 Å². The number of rotatable bonds is 6. The first-order chi connectivity index (χ1) is 7.94. The van der Waals surface area contributed by atoms with Crippen molar-refractivity contribution in [2.75, 3.05) is 20.3 Å². The van der Waals surface area contributed by atoms with Crippen LogP contribution in [0.2, 0.25) is 0 Å². The summed E-state index contributed by atoms with van der Waals surface area (Å²) in [5.74, 6) is 0. The molecule has 17 heavy (non-hydrogen) atoms. The van der Waals surface area contributed by atoms with E-state index in [-0.39, 0.29) is 12.6 Å². The van der Waals surface area contributed by atoms with E-state index in [1.54, 1.807) is 18.4 Å². The van der Waals surface area contributed by atoms with Crippen LogP contribution in [0.5, 0.6) is 0 Å². The van der Waals surface area contributed by atoms with Crippen molar-refractivity contribution in [3.8, 4) is 0 Å². The molecule has 0 aromatic carbocycles. The van der Waals surface area contributed by atoms with E-state index >= 15 is 0 Å². The molecule has 1 rings (SSSR count). The summed E-state index contributed by atoms with van der Waals surface area (Å²) in [4.78, 5) is 0. The third-order valence-electron chi connectivity index (χ3n) is 2.18. The SMILES string of the molecule is CNC(CCOCC(F)(F)F)c1cscc1Br. The first-order valence-electron chi connectivity index (χ1n) is 4.97. The van der Waals surface area contributed by atoms with Gasteiger partial charge in [-0.25, -0.2) is 0 Å². The van der Waals surface area contributed by atoms with Gasteiger partial charge < -0.3 is 10.1 Å². The first-order valence-corrected chi connectivity index (χ1v) is 6.71. The molecular weight excluding hydrogens is 319 g/mol. The zero-order valence-corrected chi connectivity index (χ0v) is 11.6. The second kappa shape index (κ2) is 6.72. The summed E-state index contributed by atoms with van der Waals surface area (Å²) in [6.07, 6.45) is -3.75. The van der Waals surface area contributed by atoms with Crippen LogP contribution >= 0.6 is 27.3 Å². The molecule has 1 atom stereocenters. The minimum Gasteiger partial charge on any atom is -0.372 e. The van der Waals surface area contributed by atoms with Crippen molar-refractivity contribution < 1.29 is 17.9 Å². The van der Waals surface area contributed by atoms with E-state index in [1.165, 1.54) is 0 Å². The fourth-order valence-electron chi connectivity index (χ4n) is 1.38. The molecule has 0 fully saturated rings. The maximum Gasteiger partial charge on any atom is 0.411 e. The molecule has 1 N–H and O–H groups in total. The second-order valence-electron chi connectivity index (χ2n) is 3.47. The van der Waals surface area contributed by atoms with Gasteiger partial charge in [-0.3, -0.25) is 0 Å². The van der Waals surface area contributed by atoms with Crippen LogP contribution in [0.4, 0.5) is 13.2 Å². The van der Waals surface area contributed by atoms with Crippen LogP contribution in [0.15, 0.2) is 15.2 Å². The van der Waals surface area contributed by atoms with Gasteiger partial charge in [0.1, 0.15) is 6.61 Å². The van der Waals surface area contributed by atoms with Gasteiger partial charge in [0.15, 0.2) is 0 Å². The maximum atomic E-state index is 11.9. The summed E-state index contributed by atoms with van der Waals surface area (Å²) in [5.41, 5.74) is 1.05. The highest BCUT2D eigenvalue weighted by molar-refractivity contribution is 9.10. The fraction of sp³-hybridized carbons (Fsp3) is 0.600. The lowest BCUT2D eigenvalue weighted by Crippen LogP contribution is -2.21. The van der Waals surface area contributed by atoms with E-state index < -0.39 is 12.8 Å². The van der Waals surface area contributed by atoms with Crippen molar-refractivity contribution in [2.45, 2.75) is 18.6 Å². The summed E-state index contributed by atoms with van der Waals surface area (Å²) in [6, 6.07) is 0.00357. The zero-order valence-electron chi connectivity index (χ0n) is 9.18. The number of ether oxygens (including phenoxy) is 1. The molecule has 0 radical (unpaired) electrons. The summed E-state index contributed by atoms with van der Waals surface area (Å²) in [7, 11) is 1.78. The Balaban J connectivity index is 2.37. The van der Waals surface area contributed by atoms with Crippen molar-refractivity contribution in [1.82, 2.24) is 5.32 Å². The number of nitrogens with one attached hydrogen (secondary N) is 1. The zero-order chi connectivity index (χ0) is 12.9. The molecular formula is C10H13BrF3NOS. The molecule has 0 saturated carbocycles. The molecule has 1 unspecified atom stereocenters. The van der Waals surface area contributed by atoms with Gasteiger partial charge in [-0.1, -0.05) is 0 Å². The van der Waals surface area contributed by atoms with Gasteiger partial charge in [0.2, 0.25) is 0 Å². The molecule has 1 aromatic rings. The molecule has 0 amide bonds. The van der Waals surface area contributed by atoms with Gasteiger partial charge in [-0.05, 0) is 40.3 Å². The van der Waals surface area contributed by atoms with Gasteiger partial charge >= 0.3 is 6.18 Å². The average molecular weight is 332 g/mol. The summed E-state index contributed by atoms with van der Waals surface area (Å²) < 4.78 is 41.1. The normalized spacial score (nSPS) is 13.9.